The summed E-state index contributed by atoms with van der Waals surface area (Å²) in [6.45, 7) is 6.18. The summed E-state index contributed by atoms with van der Waals surface area (Å²) in [6, 6.07) is 14.1. The van der Waals surface area contributed by atoms with Crippen molar-refractivity contribution in [3.63, 3.8) is 0 Å². The highest BCUT2D eigenvalue weighted by Gasteiger charge is 2.14. The Balaban J connectivity index is 1.76. The van der Waals surface area contributed by atoms with E-state index >= 15 is 0 Å². The maximum Gasteiger partial charge on any atom is 0.245 e. The Labute approximate surface area is 150 Å². The van der Waals surface area contributed by atoms with E-state index in [4.69, 9.17) is 4.63 Å². The van der Waals surface area contributed by atoms with Gasteiger partial charge in [-0.05, 0) is 60.4 Å². The van der Waals surface area contributed by atoms with E-state index < -0.39 is 0 Å². The molecule has 0 saturated carbocycles. The van der Waals surface area contributed by atoms with E-state index in [1.807, 2.05) is 43.3 Å². The molecule has 4 aromatic rings. The predicted octanol–water partition coefficient (Wildman–Crippen LogP) is 4.43. The van der Waals surface area contributed by atoms with Gasteiger partial charge in [0.05, 0.1) is 0 Å². The number of aromatic nitrogens is 4. The molecule has 0 atom stereocenters. The summed E-state index contributed by atoms with van der Waals surface area (Å²) in [5.41, 5.74) is 6.10. The van der Waals surface area contributed by atoms with Gasteiger partial charge in [0.15, 0.2) is 11.6 Å². The third-order valence-electron chi connectivity index (χ3n) is 4.29. The number of aryl methyl sites for hydroxylation is 2. The fourth-order valence-electron chi connectivity index (χ4n) is 2.60. The summed E-state index contributed by atoms with van der Waals surface area (Å²) < 4.78 is 4.75. The molecule has 0 aliphatic heterocycles. The van der Waals surface area contributed by atoms with Crippen LogP contribution < -0.4 is 10.6 Å². The van der Waals surface area contributed by atoms with Crippen LogP contribution in [0.3, 0.4) is 0 Å². The van der Waals surface area contributed by atoms with Crippen molar-refractivity contribution in [3.8, 4) is 0 Å². The van der Waals surface area contributed by atoms with Gasteiger partial charge in [0.2, 0.25) is 11.3 Å². The first-order valence-corrected chi connectivity index (χ1v) is 8.27. The highest BCUT2D eigenvalue weighted by atomic mass is 16.6. The molecule has 7 nitrogen and oxygen atoms in total. The number of nitrogens with one attached hydrogen (secondary N) is 2. The lowest BCUT2D eigenvalue weighted by atomic mass is 10.1. The van der Waals surface area contributed by atoms with Crippen molar-refractivity contribution in [2.75, 3.05) is 10.6 Å². The minimum Gasteiger partial charge on any atom is -0.337 e. The third kappa shape index (κ3) is 3.06. The lowest BCUT2D eigenvalue weighted by Crippen LogP contribution is -2.04. The molecule has 0 aliphatic rings. The summed E-state index contributed by atoms with van der Waals surface area (Å²) in [7, 11) is 0. The normalized spacial score (nSPS) is 10.9. The first kappa shape index (κ1) is 16.0. The van der Waals surface area contributed by atoms with Crippen LogP contribution in [0.25, 0.3) is 11.3 Å². The monoisotopic (exact) mass is 346 g/mol. The minimum absolute atomic E-state index is 0.353. The average Bonchev–Trinajstić information content (AvgIpc) is 3.08. The van der Waals surface area contributed by atoms with Gasteiger partial charge >= 0.3 is 0 Å². The van der Waals surface area contributed by atoms with Crippen LogP contribution in [0.15, 0.2) is 47.1 Å². The van der Waals surface area contributed by atoms with Crippen LogP contribution in [0.1, 0.15) is 16.7 Å². The third-order valence-corrected chi connectivity index (χ3v) is 4.29. The molecular weight excluding hydrogens is 328 g/mol. The molecule has 2 aromatic carbocycles. The van der Waals surface area contributed by atoms with Crippen molar-refractivity contribution in [2.45, 2.75) is 20.8 Å². The van der Waals surface area contributed by atoms with Crippen LogP contribution in [0.5, 0.6) is 0 Å². The average molecular weight is 346 g/mol. The number of anilines is 4. The molecule has 2 heterocycles. The van der Waals surface area contributed by atoms with Gasteiger partial charge in [-0.3, -0.25) is 0 Å². The van der Waals surface area contributed by atoms with E-state index in [-0.39, 0.29) is 0 Å². The van der Waals surface area contributed by atoms with Crippen LogP contribution >= 0.6 is 0 Å². The fourth-order valence-corrected chi connectivity index (χ4v) is 2.60. The van der Waals surface area contributed by atoms with E-state index in [0.29, 0.717) is 22.9 Å². The van der Waals surface area contributed by atoms with Crippen molar-refractivity contribution in [1.29, 1.82) is 0 Å². The Kier molecular flexibility index (Phi) is 3.96. The van der Waals surface area contributed by atoms with E-state index in [0.717, 1.165) is 16.9 Å². The van der Waals surface area contributed by atoms with Gasteiger partial charge in [-0.15, -0.1) is 0 Å². The zero-order chi connectivity index (χ0) is 18.1. The minimum atomic E-state index is 0.353. The molecule has 0 radical (unpaired) electrons. The molecule has 130 valence electrons. The highest BCUT2D eigenvalue weighted by Crippen LogP contribution is 2.28. The Bertz CT molecular complexity index is 1070. The van der Waals surface area contributed by atoms with Gasteiger partial charge in [0.25, 0.3) is 0 Å². The van der Waals surface area contributed by atoms with Crippen molar-refractivity contribution < 1.29 is 4.63 Å². The standard InChI is InChI=1S/C19H18N6O/c1-11-7-9-14(10-8-11)20-16-17(23-19-18(22-16)24-26-25-19)21-15-6-4-5-12(2)13(15)3/h4-10H,1-3H3,(H,20,22,24)(H,21,23,25). The molecule has 0 unspecified atom stereocenters. The largest absolute Gasteiger partial charge is 0.337 e. The van der Waals surface area contributed by atoms with E-state index in [2.05, 4.69) is 50.8 Å². The lowest BCUT2D eigenvalue weighted by Gasteiger charge is -2.14. The van der Waals surface area contributed by atoms with Crippen LogP contribution in [0, 0.1) is 20.8 Å². The molecule has 0 aliphatic carbocycles. The maximum absolute atomic E-state index is 4.75. The fraction of sp³-hybridized carbons (Fsp3) is 0.158. The molecule has 0 amide bonds. The molecule has 4 rings (SSSR count). The predicted molar refractivity (Wildman–Crippen MR) is 101 cm³/mol. The zero-order valence-electron chi connectivity index (χ0n) is 14.7. The number of benzene rings is 2. The summed E-state index contributed by atoms with van der Waals surface area (Å²) >= 11 is 0. The van der Waals surface area contributed by atoms with Gasteiger partial charge in [-0.2, -0.15) is 0 Å². The first-order valence-electron chi connectivity index (χ1n) is 8.27. The first-order chi connectivity index (χ1) is 12.6. The van der Waals surface area contributed by atoms with Crippen molar-refractivity contribution in [3.05, 3.63) is 59.2 Å². The molecule has 0 bridgehead atoms. The topological polar surface area (TPSA) is 88.8 Å². The highest BCUT2D eigenvalue weighted by molar-refractivity contribution is 5.79. The second kappa shape index (κ2) is 6.44. The van der Waals surface area contributed by atoms with E-state index in [9.17, 15) is 0 Å². The van der Waals surface area contributed by atoms with Crippen LogP contribution in [-0.4, -0.2) is 20.3 Å². The molecule has 2 N–H and O–H groups in total. The van der Waals surface area contributed by atoms with Crippen LogP contribution in [0.2, 0.25) is 0 Å². The second-order valence-corrected chi connectivity index (χ2v) is 6.20. The molecule has 0 spiro atoms. The maximum atomic E-state index is 4.75. The summed E-state index contributed by atoms with van der Waals surface area (Å²) in [5.74, 6) is 1.11. The molecule has 7 heteroatoms. The number of fused-ring (bicyclic) bond motifs is 1. The summed E-state index contributed by atoms with van der Waals surface area (Å²) in [5, 5.41) is 14.2. The van der Waals surface area contributed by atoms with Crippen molar-refractivity contribution in [1.82, 2.24) is 20.3 Å². The SMILES string of the molecule is Cc1ccc(Nc2nc3nonc3nc2Nc2cccc(C)c2C)cc1. The molecule has 2 aromatic heterocycles. The number of hydrogen-bond donors (Lipinski definition) is 2. The van der Waals surface area contributed by atoms with Gasteiger partial charge in [0, 0.05) is 11.4 Å². The Morgan fingerprint density at radius 2 is 1.42 bits per heavy atom. The molecule has 26 heavy (non-hydrogen) atoms. The molecular formula is C19H18N6O. The number of rotatable bonds is 4. The van der Waals surface area contributed by atoms with Crippen LogP contribution in [-0.2, 0) is 0 Å². The molecule has 0 saturated heterocycles. The zero-order valence-corrected chi connectivity index (χ0v) is 14.7. The summed E-state index contributed by atoms with van der Waals surface area (Å²) in [4.78, 5) is 9.01. The second-order valence-electron chi connectivity index (χ2n) is 6.20. The Morgan fingerprint density at radius 1 is 0.769 bits per heavy atom. The Hall–Kier alpha value is -3.48. The van der Waals surface area contributed by atoms with Gasteiger partial charge in [-0.25, -0.2) is 14.6 Å². The lowest BCUT2D eigenvalue weighted by molar-refractivity contribution is 0.314. The number of hydrogen-bond acceptors (Lipinski definition) is 7. The smallest absolute Gasteiger partial charge is 0.245 e. The van der Waals surface area contributed by atoms with Gasteiger partial charge in [0.1, 0.15) is 0 Å². The van der Waals surface area contributed by atoms with Gasteiger partial charge in [-0.1, -0.05) is 29.8 Å². The summed E-state index contributed by atoms with van der Waals surface area (Å²) in [6.07, 6.45) is 0. The molecule has 0 fully saturated rings. The van der Waals surface area contributed by atoms with Crippen molar-refractivity contribution in [2.24, 2.45) is 0 Å². The Morgan fingerprint density at radius 3 is 2.12 bits per heavy atom. The quantitative estimate of drug-likeness (QED) is 0.565. The van der Waals surface area contributed by atoms with E-state index in [1.165, 1.54) is 11.1 Å². The van der Waals surface area contributed by atoms with Crippen molar-refractivity contribution >= 4 is 34.3 Å². The van der Waals surface area contributed by atoms with Gasteiger partial charge < -0.3 is 10.6 Å². The number of nitrogens with zero attached hydrogens (tertiary/aromatic N) is 4. The van der Waals surface area contributed by atoms with Crippen LogP contribution in [0.4, 0.5) is 23.0 Å². The van der Waals surface area contributed by atoms with E-state index in [1.54, 1.807) is 0 Å².